The van der Waals surface area contributed by atoms with Crippen LogP contribution < -0.4 is 5.32 Å². The normalized spacial score (nSPS) is 25.3. The van der Waals surface area contributed by atoms with Crippen LogP contribution in [0.15, 0.2) is 11.4 Å². The van der Waals surface area contributed by atoms with E-state index in [0.29, 0.717) is 0 Å². The lowest BCUT2D eigenvalue weighted by molar-refractivity contribution is -0.147. The molecule has 0 amide bonds. The maximum absolute atomic E-state index is 5.51. The van der Waals surface area contributed by atoms with Crippen LogP contribution in [0, 0.1) is 6.92 Å². The summed E-state index contributed by atoms with van der Waals surface area (Å²) < 4.78 is 5.51. The molecule has 0 unspecified atom stereocenters. The number of piperazine rings is 1. The van der Waals surface area contributed by atoms with E-state index in [0.717, 1.165) is 39.4 Å². The SMILES string of the molecule is Cc1ccsc1C1(N2CCNCC2)COC1. The summed E-state index contributed by atoms with van der Waals surface area (Å²) in [5.74, 6) is 0. The fourth-order valence-electron chi connectivity index (χ4n) is 2.70. The van der Waals surface area contributed by atoms with E-state index in [9.17, 15) is 0 Å². The highest BCUT2D eigenvalue weighted by Gasteiger charge is 2.47. The highest BCUT2D eigenvalue weighted by Crippen LogP contribution is 2.40. The molecule has 0 aromatic carbocycles. The summed E-state index contributed by atoms with van der Waals surface area (Å²) in [7, 11) is 0. The lowest BCUT2D eigenvalue weighted by atomic mass is 9.90. The van der Waals surface area contributed by atoms with Crippen molar-refractivity contribution in [3.63, 3.8) is 0 Å². The first-order chi connectivity index (χ1) is 7.83. The first-order valence-electron chi connectivity index (χ1n) is 5.91. The van der Waals surface area contributed by atoms with Crippen molar-refractivity contribution in [2.24, 2.45) is 0 Å². The number of ether oxygens (including phenoxy) is 1. The van der Waals surface area contributed by atoms with E-state index in [2.05, 4.69) is 28.6 Å². The molecule has 0 spiro atoms. The minimum absolute atomic E-state index is 0.195. The van der Waals surface area contributed by atoms with Crippen LogP contribution in [0.3, 0.4) is 0 Å². The fourth-order valence-corrected chi connectivity index (χ4v) is 3.82. The molecule has 3 rings (SSSR count). The Morgan fingerprint density at radius 1 is 1.38 bits per heavy atom. The van der Waals surface area contributed by atoms with Gasteiger partial charge in [0.05, 0.1) is 13.2 Å². The summed E-state index contributed by atoms with van der Waals surface area (Å²) >= 11 is 1.88. The maximum Gasteiger partial charge on any atom is 0.103 e. The van der Waals surface area contributed by atoms with Crippen LogP contribution in [0.5, 0.6) is 0 Å². The molecule has 88 valence electrons. The van der Waals surface area contributed by atoms with E-state index in [1.54, 1.807) is 0 Å². The second-order valence-corrected chi connectivity index (χ2v) is 5.61. The van der Waals surface area contributed by atoms with Gasteiger partial charge in [-0.05, 0) is 23.9 Å². The Bertz CT molecular complexity index is 367. The molecule has 3 nitrogen and oxygen atoms in total. The van der Waals surface area contributed by atoms with Gasteiger partial charge in [-0.15, -0.1) is 11.3 Å². The van der Waals surface area contributed by atoms with Gasteiger partial charge in [0, 0.05) is 31.1 Å². The molecule has 0 saturated carbocycles. The molecule has 1 aromatic rings. The van der Waals surface area contributed by atoms with Crippen molar-refractivity contribution >= 4 is 11.3 Å². The Balaban J connectivity index is 1.90. The van der Waals surface area contributed by atoms with Crippen LogP contribution in [0.25, 0.3) is 0 Å². The Kier molecular flexibility index (Phi) is 2.75. The first-order valence-corrected chi connectivity index (χ1v) is 6.79. The molecule has 3 heterocycles. The fraction of sp³-hybridized carbons (Fsp3) is 0.667. The topological polar surface area (TPSA) is 24.5 Å². The number of hydrogen-bond donors (Lipinski definition) is 1. The molecule has 2 aliphatic heterocycles. The van der Waals surface area contributed by atoms with Gasteiger partial charge in [0.2, 0.25) is 0 Å². The molecule has 0 atom stereocenters. The lowest BCUT2D eigenvalue weighted by Crippen LogP contribution is -2.63. The Labute approximate surface area is 100 Å². The van der Waals surface area contributed by atoms with Gasteiger partial charge in [0.15, 0.2) is 0 Å². The summed E-state index contributed by atoms with van der Waals surface area (Å²) in [6, 6.07) is 2.22. The largest absolute Gasteiger partial charge is 0.377 e. The van der Waals surface area contributed by atoms with E-state index in [4.69, 9.17) is 4.74 Å². The second kappa shape index (κ2) is 4.11. The smallest absolute Gasteiger partial charge is 0.103 e. The molecule has 1 aromatic heterocycles. The van der Waals surface area contributed by atoms with Gasteiger partial charge < -0.3 is 10.1 Å². The highest BCUT2D eigenvalue weighted by atomic mass is 32.1. The number of hydrogen-bond acceptors (Lipinski definition) is 4. The van der Waals surface area contributed by atoms with Crippen LogP contribution in [0.4, 0.5) is 0 Å². The predicted molar refractivity (Wildman–Crippen MR) is 66.0 cm³/mol. The van der Waals surface area contributed by atoms with Crippen LogP contribution >= 0.6 is 11.3 Å². The minimum Gasteiger partial charge on any atom is -0.377 e. The van der Waals surface area contributed by atoms with E-state index in [-0.39, 0.29) is 5.54 Å². The van der Waals surface area contributed by atoms with E-state index in [1.807, 2.05) is 11.3 Å². The molecule has 1 N–H and O–H groups in total. The van der Waals surface area contributed by atoms with E-state index >= 15 is 0 Å². The van der Waals surface area contributed by atoms with Gasteiger partial charge in [0.25, 0.3) is 0 Å². The number of aryl methyl sites for hydroxylation is 1. The Morgan fingerprint density at radius 2 is 2.12 bits per heavy atom. The molecule has 0 bridgehead atoms. The average Bonchev–Trinajstić information content (AvgIpc) is 2.66. The van der Waals surface area contributed by atoms with Gasteiger partial charge in [0.1, 0.15) is 5.54 Å². The third kappa shape index (κ3) is 1.52. The zero-order chi connectivity index (χ0) is 11.0. The summed E-state index contributed by atoms with van der Waals surface area (Å²) in [6.45, 7) is 8.44. The molecule has 2 saturated heterocycles. The van der Waals surface area contributed by atoms with Crippen molar-refractivity contribution in [2.75, 3.05) is 39.4 Å². The molecule has 0 aliphatic carbocycles. The molecular formula is C12H18N2OS. The Morgan fingerprint density at radius 3 is 2.62 bits per heavy atom. The standard InChI is InChI=1S/C12H18N2OS/c1-10-2-7-16-11(10)12(8-15-9-12)14-5-3-13-4-6-14/h2,7,13H,3-6,8-9H2,1H3. The van der Waals surface area contributed by atoms with Gasteiger partial charge >= 0.3 is 0 Å². The number of thiophene rings is 1. The van der Waals surface area contributed by atoms with E-state index < -0.39 is 0 Å². The molecule has 2 fully saturated rings. The predicted octanol–water partition coefficient (Wildman–Crippen LogP) is 1.19. The monoisotopic (exact) mass is 238 g/mol. The van der Waals surface area contributed by atoms with E-state index in [1.165, 1.54) is 10.4 Å². The van der Waals surface area contributed by atoms with Crippen molar-refractivity contribution < 1.29 is 4.74 Å². The van der Waals surface area contributed by atoms with Crippen LogP contribution in [0.1, 0.15) is 10.4 Å². The maximum atomic E-state index is 5.51. The van der Waals surface area contributed by atoms with Crippen molar-refractivity contribution in [3.05, 3.63) is 21.9 Å². The quantitative estimate of drug-likeness (QED) is 0.837. The summed E-state index contributed by atoms with van der Waals surface area (Å²) in [5, 5.41) is 5.62. The van der Waals surface area contributed by atoms with Gasteiger partial charge in [-0.2, -0.15) is 0 Å². The average molecular weight is 238 g/mol. The third-order valence-corrected chi connectivity index (χ3v) is 4.90. The minimum atomic E-state index is 0.195. The number of nitrogens with one attached hydrogen (secondary N) is 1. The van der Waals surface area contributed by atoms with Crippen LogP contribution in [0.2, 0.25) is 0 Å². The summed E-state index contributed by atoms with van der Waals surface area (Å²) in [4.78, 5) is 4.12. The summed E-state index contributed by atoms with van der Waals surface area (Å²) in [6.07, 6.45) is 0. The molecule has 16 heavy (non-hydrogen) atoms. The molecular weight excluding hydrogens is 220 g/mol. The zero-order valence-electron chi connectivity index (χ0n) is 9.66. The Hall–Kier alpha value is -0.420. The number of rotatable bonds is 2. The second-order valence-electron chi connectivity index (χ2n) is 4.69. The van der Waals surface area contributed by atoms with Crippen molar-refractivity contribution in [1.29, 1.82) is 0 Å². The molecule has 4 heteroatoms. The molecule has 2 aliphatic rings. The highest BCUT2D eigenvalue weighted by molar-refractivity contribution is 7.10. The third-order valence-electron chi connectivity index (χ3n) is 3.69. The van der Waals surface area contributed by atoms with Crippen LogP contribution in [-0.2, 0) is 10.3 Å². The first kappa shape index (κ1) is 10.7. The van der Waals surface area contributed by atoms with Crippen molar-refractivity contribution in [2.45, 2.75) is 12.5 Å². The number of nitrogens with zero attached hydrogens (tertiary/aromatic N) is 1. The summed E-state index contributed by atoms with van der Waals surface area (Å²) in [5.41, 5.74) is 1.62. The zero-order valence-corrected chi connectivity index (χ0v) is 10.5. The van der Waals surface area contributed by atoms with Crippen LogP contribution in [-0.4, -0.2) is 44.3 Å². The van der Waals surface area contributed by atoms with Crippen molar-refractivity contribution in [3.8, 4) is 0 Å². The van der Waals surface area contributed by atoms with Gasteiger partial charge in [-0.25, -0.2) is 0 Å². The van der Waals surface area contributed by atoms with Gasteiger partial charge in [-0.3, -0.25) is 4.90 Å². The van der Waals surface area contributed by atoms with Gasteiger partial charge in [-0.1, -0.05) is 0 Å². The molecule has 0 radical (unpaired) electrons. The van der Waals surface area contributed by atoms with Crippen molar-refractivity contribution in [1.82, 2.24) is 10.2 Å². The lowest BCUT2D eigenvalue weighted by Gasteiger charge is -2.51.